The van der Waals surface area contributed by atoms with Gasteiger partial charge in [-0.25, -0.2) is 9.97 Å². The molecule has 1 aromatic rings. The molecule has 19 heavy (non-hydrogen) atoms. The van der Waals surface area contributed by atoms with E-state index in [0.717, 1.165) is 42.9 Å². The van der Waals surface area contributed by atoms with Crippen molar-refractivity contribution in [3.8, 4) is 0 Å². The topological polar surface area (TPSA) is 29.0 Å². The van der Waals surface area contributed by atoms with Crippen LogP contribution in [0.4, 0.5) is 0 Å². The molecule has 0 saturated carbocycles. The molecule has 0 saturated heterocycles. The van der Waals surface area contributed by atoms with E-state index < -0.39 is 0 Å². The van der Waals surface area contributed by atoms with Crippen molar-refractivity contribution in [1.82, 2.24) is 14.9 Å². The van der Waals surface area contributed by atoms with Crippen molar-refractivity contribution >= 4 is 23.2 Å². The first kappa shape index (κ1) is 14.3. The lowest BCUT2D eigenvalue weighted by molar-refractivity contribution is 0.274. The molecule has 0 fully saturated rings. The highest BCUT2D eigenvalue weighted by Crippen LogP contribution is 2.25. The number of nitrogens with zero attached hydrogens (tertiary/aromatic N) is 3. The molecule has 0 spiro atoms. The van der Waals surface area contributed by atoms with Gasteiger partial charge in [0.1, 0.15) is 5.15 Å². The van der Waals surface area contributed by atoms with Crippen LogP contribution in [-0.2, 0) is 13.0 Å². The van der Waals surface area contributed by atoms with E-state index in [-0.39, 0.29) is 5.28 Å². The average molecular weight is 296 g/mol. The van der Waals surface area contributed by atoms with Crippen LogP contribution < -0.4 is 0 Å². The van der Waals surface area contributed by atoms with Crippen LogP contribution in [0.25, 0.3) is 0 Å². The van der Waals surface area contributed by atoms with Crippen molar-refractivity contribution in [2.24, 2.45) is 0 Å². The van der Waals surface area contributed by atoms with Crippen LogP contribution in [0.2, 0.25) is 10.4 Å². The number of rotatable bonds is 4. The number of halogens is 2. The second-order valence-corrected chi connectivity index (χ2v) is 5.05. The molecule has 5 heteroatoms. The van der Waals surface area contributed by atoms with Crippen LogP contribution in [0, 0.1) is 0 Å². The Bertz CT molecular complexity index is 538. The molecule has 3 nitrogen and oxygen atoms in total. The van der Waals surface area contributed by atoms with Gasteiger partial charge in [-0.3, -0.25) is 4.90 Å². The third-order valence-electron chi connectivity index (χ3n) is 3.06. The maximum absolute atomic E-state index is 6.13. The molecule has 2 rings (SSSR count). The number of hydrogen-bond donors (Lipinski definition) is 0. The molecule has 1 aromatic heterocycles. The number of fused-ring (bicyclic) bond motifs is 1. The molecular weight excluding hydrogens is 281 g/mol. The predicted octanol–water partition coefficient (Wildman–Crippen LogP) is 3.44. The van der Waals surface area contributed by atoms with Gasteiger partial charge in [-0.05, 0) is 17.2 Å². The zero-order chi connectivity index (χ0) is 13.8. The normalized spacial score (nSPS) is 16.0. The molecule has 0 unspecified atom stereocenters. The maximum Gasteiger partial charge on any atom is 0.224 e. The average Bonchev–Trinajstić information content (AvgIpc) is 2.38. The molecular formula is C14H15Cl2N3. The molecule has 0 aromatic carbocycles. The fourth-order valence-electron chi connectivity index (χ4n) is 2.13. The fourth-order valence-corrected chi connectivity index (χ4v) is 2.61. The molecule has 0 atom stereocenters. The molecule has 0 N–H and O–H groups in total. The van der Waals surface area contributed by atoms with Gasteiger partial charge >= 0.3 is 0 Å². The molecule has 1 aliphatic rings. The lowest BCUT2D eigenvalue weighted by Gasteiger charge is -2.28. The minimum Gasteiger partial charge on any atom is -0.294 e. The summed E-state index contributed by atoms with van der Waals surface area (Å²) in [5.74, 6) is 0. The summed E-state index contributed by atoms with van der Waals surface area (Å²) in [6, 6.07) is 0. The summed E-state index contributed by atoms with van der Waals surface area (Å²) in [6.07, 6.45) is 6.40. The zero-order valence-corrected chi connectivity index (χ0v) is 12.1. The van der Waals surface area contributed by atoms with Gasteiger partial charge in [0, 0.05) is 31.6 Å². The molecule has 0 amide bonds. The Balaban J connectivity index is 2.16. The van der Waals surface area contributed by atoms with Gasteiger partial charge in [0.2, 0.25) is 5.28 Å². The minimum absolute atomic E-state index is 0.218. The van der Waals surface area contributed by atoms with Crippen LogP contribution in [0.15, 0.2) is 37.0 Å². The van der Waals surface area contributed by atoms with Crippen molar-refractivity contribution in [2.75, 3.05) is 13.1 Å². The van der Waals surface area contributed by atoms with E-state index in [9.17, 15) is 0 Å². The Hall–Kier alpha value is -1.16. The summed E-state index contributed by atoms with van der Waals surface area (Å²) in [6.45, 7) is 9.97. The lowest BCUT2D eigenvalue weighted by Crippen LogP contribution is -2.33. The summed E-state index contributed by atoms with van der Waals surface area (Å²) >= 11 is 11.9. The quantitative estimate of drug-likeness (QED) is 0.484. The lowest BCUT2D eigenvalue weighted by atomic mass is 10.1. The maximum atomic E-state index is 6.13. The van der Waals surface area contributed by atoms with Gasteiger partial charge in [-0.2, -0.15) is 0 Å². The van der Waals surface area contributed by atoms with Gasteiger partial charge in [0.25, 0.3) is 0 Å². The summed E-state index contributed by atoms with van der Waals surface area (Å²) in [4.78, 5) is 10.5. The highest BCUT2D eigenvalue weighted by atomic mass is 35.5. The Morgan fingerprint density at radius 2 is 2.11 bits per heavy atom. The van der Waals surface area contributed by atoms with Gasteiger partial charge in [0.05, 0.1) is 5.69 Å². The Labute approximate surface area is 123 Å². The standard InChI is InChI=1S/C14H15Cl2N3/c1-3-5-10(4-2)8-19-7-6-12-11(9-19)13(15)18-14(16)17-12/h3-5H,1-2,6-9H2/b10-5+. The third-order valence-corrected chi connectivity index (χ3v) is 3.54. The van der Waals surface area contributed by atoms with E-state index in [2.05, 4.69) is 28.0 Å². The molecule has 0 aliphatic carbocycles. The molecule has 1 aliphatic heterocycles. The fraction of sp³-hybridized carbons (Fsp3) is 0.286. The van der Waals surface area contributed by atoms with Crippen molar-refractivity contribution in [2.45, 2.75) is 13.0 Å². The third kappa shape index (κ3) is 3.44. The first-order valence-electron chi connectivity index (χ1n) is 6.01. The summed E-state index contributed by atoms with van der Waals surface area (Å²) in [5.41, 5.74) is 3.05. The smallest absolute Gasteiger partial charge is 0.224 e. The molecule has 2 heterocycles. The Morgan fingerprint density at radius 1 is 1.32 bits per heavy atom. The largest absolute Gasteiger partial charge is 0.294 e. The number of aromatic nitrogens is 2. The SMILES string of the molecule is C=C/C=C(\C=C)CN1CCc2nc(Cl)nc(Cl)c2C1. The van der Waals surface area contributed by atoms with Crippen molar-refractivity contribution < 1.29 is 0 Å². The van der Waals surface area contributed by atoms with Crippen LogP contribution in [-0.4, -0.2) is 28.0 Å². The predicted molar refractivity (Wildman–Crippen MR) is 79.5 cm³/mol. The first-order valence-corrected chi connectivity index (χ1v) is 6.76. The van der Waals surface area contributed by atoms with E-state index in [1.54, 1.807) is 6.08 Å². The zero-order valence-electron chi connectivity index (χ0n) is 10.6. The van der Waals surface area contributed by atoms with Gasteiger partial charge < -0.3 is 0 Å². The number of hydrogen-bond acceptors (Lipinski definition) is 3. The summed E-state index contributed by atoms with van der Waals surface area (Å²) in [7, 11) is 0. The number of allylic oxidation sites excluding steroid dienone is 2. The van der Waals surface area contributed by atoms with Crippen molar-refractivity contribution in [3.05, 3.63) is 58.7 Å². The van der Waals surface area contributed by atoms with E-state index in [1.165, 1.54) is 0 Å². The van der Waals surface area contributed by atoms with Crippen molar-refractivity contribution in [3.63, 3.8) is 0 Å². The Kier molecular flexibility index (Phi) is 4.75. The Morgan fingerprint density at radius 3 is 2.79 bits per heavy atom. The molecule has 0 bridgehead atoms. The van der Waals surface area contributed by atoms with Gasteiger partial charge in [0.15, 0.2) is 0 Å². The summed E-state index contributed by atoms with van der Waals surface area (Å²) in [5, 5.41) is 0.670. The van der Waals surface area contributed by atoms with Crippen LogP contribution >= 0.6 is 23.2 Å². The van der Waals surface area contributed by atoms with Crippen LogP contribution in [0.3, 0.4) is 0 Å². The minimum atomic E-state index is 0.218. The van der Waals surface area contributed by atoms with Gasteiger partial charge in [-0.1, -0.05) is 43.0 Å². The summed E-state index contributed by atoms with van der Waals surface area (Å²) < 4.78 is 0. The first-order chi connectivity index (χ1) is 9.13. The van der Waals surface area contributed by atoms with E-state index in [1.807, 2.05) is 12.2 Å². The van der Waals surface area contributed by atoms with Crippen LogP contribution in [0.1, 0.15) is 11.3 Å². The van der Waals surface area contributed by atoms with E-state index in [4.69, 9.17) is 23.2 Å². The second kappa shape index (κ2) is 6.33. The van der Waals surface area contributed by atoms with E-state index in [0.29, 0.717) is 5.15 Å². The van der Waals surface area contributed by atoms with Crippen LogP contribution in [0.5, 0.6) is 0 Å². The highest BCUT2D eigenvalue weighted by Gasteiger charge is 2.21. The van der Waals surface area contributed by atoms with E-state index >= 15 is 0 Å². The molecule has 0 radical (unpaired) electrons. The highest BCUT2D eigenvalue weighted by molar-refractivity contribution is 6.32. The molecule has 100 valence electrons. The monoisotopic (exact) mass is 295 g/mol. The van der Waals surface area contributed by atoms with Crippen molar-refractivity contribution in [1.29, 1.82) is 0 Å². The second-order valence-electron chi connectivity index (χ2n) is 4.35. The van der Waals surface area contributed by atoms with Gasteiger partial charge in [-0.15, -0.1) is 0 Å².